The van der Waals surface area contributed by atoms with Gasteiger partial charge in [-0.05, 0) is 28.4 Å². The molecule has 0 bridgehead atoms. The minimum Gasteiger partial charge on any atom is -0.347 e. The molecule has 2 rings (SSSR count). The molecule has 0 fully saturated rings. The Bertz CT molecular complexity index is 495. The third-order valence-corrected chi connectivity index (χ3v) is 3.90. The van der Waals surface area contributed by atoms with Crippen molar-refractivity contribution in [1.82, 2.24) is 15.3 Å². The highest BCUT2D eigenvalue weighted by molar-refractivity contribution is 9.11. The first-order chi connectivity index (χ1) is 8.20. The Morgan fingerprint density at radius 2 is 2.53 bits per heavy atom. The minimum atomic E-state index is -0.0739. The van der Waals surface area contributed by atoms with Gasteiger partial charge in [-0.25, -0.2) is 4.98 Å². The summed E-state index contributed by atoms with van der Waals surface area (Å²) in [6, 6.07) is 1.74. The van der Waals surface area contributed by atoms with Crippen LogP contribution in [0.5, 0.6) is 0 Å². The number of aromatic nitrogens is 2. The molecule has 0 aliphatic heterocycles. The lowest BCUT2D eigenvalue weighted by molar-refractivity contribution is 0.0934. The topological polar surface area (TPSA) is 57.8 Å². The molecule has 0 aliphatic rings. The van der Waals surface area contributed by atoms with Crippen molar-refractivity contribution in [3.63, 3.8) is 0 Å². The number of hydrogen-bond acceptors (Lipinski definition) is 3. The van der Waals surface area contributed by atoms with E-state index in [4.69, 9.17) is 0 Å². The maximum atomic E-state index is 12.0. The molecular formula is C11H12BrN3OS. The highest BCUT2D eigenvalue weighted by Crippen LogP contribution is 2.21. The fourth-order valence-electron chi connectivity index (χ4n) is 1.50. The van der Waals surface area contributed by atoms with Gasteiger partial charge in [-0.3, -0.25) is 4.79 Å². The second kappa shape index (κ2) is 5.46. The summed E-state index contributed by atoms with van der Waals surface area (Å²) >= 11 is 4.84. The van der Waals surface area contributed by atoms with Crippen LogP contribution < -0.4 is 5.32 Å². The molecule has 2 aromatic heterocycles. The molecule has 0 radical (unpaired) electrons. The number of hydrogen-bond donors (Lipinski definition) is 2. The highest BCUT2D eigenvalue weighted by atomic mass is 79.9. The van der Waals surface area contributed by atoms with Crippen molar-refractivity contribution in [2.45, 2.75) is 19.4 Å². The second-order valence-electron chi connectivity index (χ2n) is 3.55. The normalized spacial score (nSPS) is 12.4. The van der Waals surface area contributed by atoms with Crippen LogP contribution in [0.1, 0.15) is 35.6 Å². The lowest BCUT2D eigenvalue weighted by Gasteiger charge is -2.13. The van der Waals surface area contributed by atoms with E-state index in [9.17, 15) is 4.79 Å². The Balaban J connectivity index is 2.07. The third kappa shape index (κ3) is 2.95. The van der Waals surface area contributed by atoms with Gasteiger partial charge in [0.2, 0.25) is 0 Å². The number of rotatable bonds is 4. The SMILES string of the molecule is CCC(NC(=O)c1csc(Br)c1)c1ncc[nH]1. The first kappa shape index (κ1) is 12.3. The summed E-state index contributed by atoms with van der Waals surface area (Å²) in [6.07, 6.45) is 4.24. The van der Waals surface area contributed by atoms with Crippen molar-refractivity contribution in [3.8, 4) is 0 Å². The molecule has 2 N–H and O–H groups in total. The van der Waals surface area contributed by atoms with Crippen LogP contribution >= 0.6 is 27.3 Å². The monoisotopic (exact) mass is 313 g/mol. The van der Waals surface area contributed by atoms with E-state index >= 15 is 0 Å². The van der Waals surface area contributed by atoms with Gasteiger partial charge < -0.3 is 10.3 Å². The molecule has 17 heavy (non-hydrogen) atoms. The summed E-state index contributed by atoms with van der Waals surface area (Å²) in [6.45, 7) is 2.01. The van der Waals surface area contributed by atoms with E-state index in [1.54, 1.807) is 12.4 Å². The molecule has 6 heteroatoms. The number of H-pyrrole nitrogens is 1. The standard InChI is InChI=1S/C11H12BrN3OS/c1-2-8(10-13-3-4-14-10)15-11(16)7-5-9(12)17-6-7/h3-6,8H,2H2,1H3,(H,13,14)(H,15,16). The van der Waals surface area contributed by atoms with Crippen LogP contribution in [0.3, 0.4) is 0 Å². The lowest BCUT2D eigenvalue weighted by Crippen LogP contribution is -2.28. The Labute approximate surface area is 112 Å². The van der Waals surface area contributed by atoms with E-state index in [1.807, 2.05) is 18.4 Å². The van der Waals surface area contributed by atoms with Crippen molar-refractivity contribution in [1.29, 1.82) is 0 Å². The smallest absolute Gasteiger partial charge is 0.252 e. The van der Waals surface area contributed by atoms with Gasteiger partial charge in [-0.15, -0.1) is 11.3 Å². The predicted molar refractivity (Wildman–Crippen MR) is 71.1 cm³/mol. The number of nitrogens with zero attached hydrogens (tertiary/aromatic N) is 1. The summed E-state index contributed by atoms with van der Waals surface area (Å²) in [5, 5.41) is 4.78. The fourth-order valence-corrected chi connectivity index (χ4v) is 2.64. The number of carbonyl (C=O) groups is 1. The Morgan fingerprint density at radius 1 is 1.71 bits per heavy atom. The summed E-state index contributed by atoms with van der Waals surface area (Å²) < 4.78 is 0.952. The van der Waals surface area contributed by atoms with Gasteiger partial charge in [0.15, 0.2) is 0 Å². The number of carbonyl (C=O) groups excluding carboxylic acids is 1. The average molecular weight is 314 g/mol. The average Bonchev–Trinajstić information content (AvgIpc) is 2.96. The van der Waals surface area contributed by atoms with Gasteiger partial charge in [-0.1, -0.05) is 6.92 Å². The predicted octanol–water partition coefficient (Wildman–Crippen LogP) is 3.11. The third-order valence-electron chi connectivity index (χ3n) is 2.39. The van der Waals surface area contributed by atoms with Crippen LogP contribution in [-0.4, -0.2) is 15.9 Å². The van der Waals surface area contributed by atoms with Crippen LogP contribution in [-0.2, 0) is 0 Å². The van der Waals surface area contributed by atoms with Crippen molar-refractivity contribution >= 4 is 33.2 Å². The van der Waals surface area contributed by atoms with Crippen LogP contribution in [0.15, 0.2) is 27.6 Å². The maximum absolute atomic E-state index is 12.0. The molecule has 90 valence electrons. The van der Waals surface area contributed by atoms with Crippen molar-refractivity contribution < 1.29 is 4.79 Å². The first-order valence-corrected chi connectivity index (χ1v) is 6.92. The summed E-state index contributed by atoms with van der Waals surface area (Å²) in [4.78, 5) is 19.1. The van der Waals surface area contributed by atoms with Crippen molar-refractivity contribution in [3.05, 3.63) is 39.0 Å². The second-order valence-corrected chi connectivity index (χ2v) is 5.84. The number of halogens is 1. The van der Waals surface area contributed by atoms with Gasteiger partial charge in [-0.2, -0.15) is 0 Å². The zero-order chi connectivity index (χ0) is 12.3. The molecule has 0 saturated heterocycles. The molecule has 1 unspecified atom stereocenters. The summed E-state index contributed by atoms with van der Waals surface area (Å²) in [5.41, 5.74) is 0.673. The van der Waals surface area contributed by atoms with Gasteiger partial charge in [0.25, 0.3) is 5.91 Å². The van der Waals surface area contributed by atoms with Crippen LogP contribution in [0.25, 0.3) is 0 Å². The van der Waals surface area contributed by atoms with E-state index in [0.717, 1.165) is 16.0 Å². The lowest BCUT2D eigenvalue weighted by atomic mass is 10.2. The molecule has 0 spiro atoms. The zero-order valence-corrected chi connectivity index (χ0v) is 11.6. The van der Waals surface area contributed by atoms with Crippen LogP contribution in [0.4, 0.5) is 0 Å². The number of thiophene rings is 1. The van der Waals surface area contributed by atoms with Gasteiger partial charge in [0.05, 0.1) is 15.4 Å². The minimum absolute atomic E-state index is 0.0730. The summed E-state index contributed by atoms with van der Waals surface area (Å²) in [7, 11) is 0. The molecule has 1 amide bonds. The molecule has 2 heterocycles. The molecule has 0 saturated carbocycles. The maximum Gasteiger partial charge on any atom is 0.252 e. The molecule has 4 nitrogen and oxygen atoms in total. The first-order valence-electron chi connectivity index (χ1n) is 5.25. The van der Waals surface area contributed by atoms with Crippen LogP contribution in [0.2, 0.25) is 0 Å². The molecule has 2 aromatic rings. The van der Waals surface area contributed by atoms with Crippen molar-refractivity contribution in [2.24, 2.45) is 0 Å². The number of aromatic amines is 1. The Hall–Kier alpha value is -1.14. The van der Waals surface area contributed by atoms with E-state index in [0.29, 0.717) is 5.56 Å². The molecule has 1 atom stereocenters. The van der Waals surface area contributed by atoms with Gasteiger partial charge in [0, 0.05) is 17.8 Å². The molecular weight excluding hydrogens is 302 g/mol. The van der Waals surface area contributed by atoms with Crippen LogP contribution in [0, 0.1) is 0 Å². The number of imidazole rings is 1. The zero-order valence-electron chi connectivity index (χ0n) is 9.24. The number of nitrogens with one attached hydrogen (secondary N) is 2. The van der Waals surface area contributed by atoms with Gasteiger partial charge in [0.1, 0.15) is 5.82 Å². The van der Waals surface area contributed by atoms with Crippen molar-refractivity contribution in [2.75, 3.05) is 0 Å². The fraction of sp³-hybridized carbons (Fsp3) is 0.273. The quantitative estimate of drug-likeness (QED) is 0.911. The van der Waals surface area contributed by atoms with E-state index in [1.165, 1.54) is 11.3 Å². The summed E-state index contributed by atoms with van der Waals surface area (Å²) in [5.74, 6) is 0.713. The molecule has 0 aliphatic carbocycles. The highest BCUT2D eigenvalue weighted by Gasteiger charge is 2.16. The van der Waals surface area contributed by atoms with E-state index in [-0.39, 0.29) is 11.9 Å². The Kier molecular flexibility index (Phi) is 3.96. The van der Waals surface area contributed by atoms with E-state index in [2.05, 4.69) is 31.2 Å². The Morgan fingerprint density at radius 3 is 3.06 bits per heavy atom. The van der Waals surface area contributed by atoms with E-state index < -0.39 is 0 Å². The molecule has 0 aromatic carbocycles. The van der Waals surface area contributed by atoms with Gasteiger partial charge >= 0.3 is 0 Å². The largest absolute Gasteiger partial charge is 0.347 e. The number of amides is 1.